The number of benzene rings is 5. The Morgan fingerprint density at radius 2 is 0.822 bits per heavy atom. The SMILES string of the molecule is Cc1cc(-c2ccc(-c3cncs3)c(F)c2)n(-c2ccc(S(N)(=O)=O)nc2)n1.Cc1nn(-c2ccc(S(N)(=O)=O)nc2)c(-c2ccc(-c3cncs3)c(Cl)c2)c1Cl.Cc1nn(-c2ccc(S(N)(=O)=O)nc2)c(-c2ccc(-c3cncs3)cc2)c1F.Cc1nn(-c2ccc(S(N)(=O)=O)nc2)c(Cl)c1-c1ccc(-c2cncs2)cc1.O=C1c2ccccc2CN1Cc1cncs1. The largest absolute Gasteiger partial charge is 0.329 e. The van der Waals surface area contributed by atoms with Gasteiger partial charge < -0.3 is 4.90 Å². The van der Waals surface area contributed by atoms with Gasteiger partial charge in [-0.25, -0.2) is 102 Å². The standard InChI is InChI=1S/C18H13Cl2N5O2S2.C18H14ClN5O2S2.2C18H14FN5O2S2.C12H10N2OS/c1-10-17(20)18(11-2-4-13(14(19)6-11)15-8-22-9-28-15)25(24-10)12-3-5-16(23-7-12)29(21,26)27;1-11-17(13-4-2-12(3-5-13)15-9-21-10-27-15)18(19)24(23-11)14-6-7-16(22-8-14)28(20,25)26;1-11-6-16(12-2-4-14(15(19)7-12)17-9-21-10-27-17)24(23-11)13-3-5-18(22-8-13)28(20,25)26;1-11-17(19)18(13-4-2-12(3-5-13)15-9-21-10-27-15)24(23-11)14-6-7-16(22-8-14)28(20,25)26;15-12-11-4-2-1-3-9(11)6-14(12)7-10-5-13-8-16-10/h2-9H,1H3,(H2,21,26,27);3*2-10H,1H3,(H2,20,25,26);1-5,8H,6-7H2. The summed E-state index contributed by atoms with van der Waals surface area (Å²) < 4.78 is 127. The number of rotatable bonds is 18. The molecule has 0 saturated heterocycles. The zero-order valence-electron chi connectivity index (χ0n) is 67.2. The van der Waals surface area contributed by atoms with Gasteiger partial charge in [0.15, 0.2) is 25.9 Å². The molecule has 0 saturated carbocycles. The highest BCUT2D eigenvalue weighted by Gasteiger charge is 2.29. The minimum Gasteiger partial charge on any atom is -0.329 e. The minimum absolute atomic E-state index is 0.129. The molecule has 5 aromatic carbocycles. The van der Waals surface area contributed by atoms with E-state index in [2.05, 4.69) is 65.3 Å². The van der Waals surface area contributed by atoms with Crippen LogP contribution in [0.15, 0.2) is 267 Å². The fourth-order valence-electron chi connectivity index (χ4n) is 13.1. The van der Waals surface area contributed by atoms with Crippen LogP contribution in [0.5, 0.6) is 0 Å². The van der Waals surface area contributed by atoms with E-state index in [1.807, 2.05) is 116 Å². The maximum absolute atomic E-state index is 14.8. The lowest BCUT2D eigenvalue weighted by Crippen LogP contribution is -2.22. The predicted octanol–water partition coefficient (Wildman–Crippen LogP) is 16.6. The van der Waals surface area contributed by atoms with Crippen LogP contribution in [0.3, 0.4) is 0 Å². The lowest BCUT2D eigenvalue weighted by molar-refractivity contribution is 0.0768. The second-order valence-corrected chi connectivity index (χ2v) is 39.6. The average molecular weight is 1960 g/mol. The molecule has 45 heteroatoms. The van der Waals surface area contributed by atoms with Crippen molar-refractivity contribution in [1.29, 1.82) is 0 Å². The second kappa shape index (κ2) is 38.4. The zero-order chi connectivity index (χ0) is 91.4. The van der Waals surface area contributed by atoms with E-state index in [9.17, 15) is 47.2 Å². The summed E-state index contributed by atoms with van der Waals surface area (Å²) in [6.07, 6.45) is 14.2. The predicted molar refractivity (Wildman–Crippen MR) is 493 cm³/mol. The zero-order valence-corrected chi connectivity index (χ0v) is 76.8. The van der Waals surface area contributed by atoms with Crippen LogP contribution in [0.2, 0.25) is 15.2 Å². The molecule has 1 amide bonds. The molecule has 8 N–H and O–H groups in total. The molecule has 31 nitrogen and oxygen atoms in total. The number of amides is 1. The molecular formula is C84H65Cl3F2N22O9S9. The van der Waals surface area contributed by atoms with Crippen LogP contribution in [0.4, 0.5) is 8.78 Å². The van der Waals surface area contributed by atoms with E-state index < -0.39 is 45.9 Å². The number of nitrogens with zero attached hydrogens (tertiary/aromatic N) is 18. The van der Waals surface area contributed by atoms with Gasteiger partial charge in [-0.15, -0.1) is 56.7 Å². The average Bonchev–Trinajstić information content (AvgIpc) is 1.61. The van der Waals surface area contributed by atoms with Crippen molar-refractivity contribution in [2.24, 2.45) is 20.6 Å². The van der Waals surface area contributed by atoms with Crippen molar-refractivity contribution < 1.29 is 47.2 Å². The number of nitrogens with two attached hydrogens (primary N) is 4. The molecule has 13 aromatic heterocycles. The molecule has 18 aromatic rings. The van der Waals surface area contributed by atoms with Gasteiger partial charge in [0.25, 0.3) is 46.0 Å². The Balaban J connectivity index is 0.000000125. The van der Waals surface area contributed by atoms with Crippen molar-refractivity contribution in [3.8, 4) is 109 Å². The molecule has 0 atom stereocenters. The number of pyridine rings is 4. The maximum Gasteiger partial charge on any atom is 0.255 e. The first-order valence-electron chi connectivity index (χ1n) is 37.5. The molecule has 0 radical (unpaired) electrons. The topological polar surface area (TPSA) is 448 Å². The summed E-state index contributed by atoms with van der Waals surface area (Å²) in [5.74, 6) is -0.695. The highest BCUT2D eigenvalue weighted by Crippen LogP contribution is 2.41. The van der Waals surface area contributed by atoms with Crippen molar-refractivity contribution in [3.63, 3.8) is 0 Å². The number of hydrogen-bond donors (Lipinski definition) is 4. The Morgan fingerprint density at radius 1 is 0.395 bits per heavy atom. The Hall–Kier alpha value is -12.5. The Kier molecular flexibility index (Phi) is 27.2. The van der Waals surface area contributed by atoms with Gasteiger partial charge in [-0.2, -0.15) is 20.4 Å². The summed E-state index contributed by atoms with van der Waals surface area (Å²) in [7, 11) is -15.5. The summed E-state index contributed by atoms with van der Waals surface area (Å²) >= 11 is 27.2. The number of carbonyl (C=O) groups is 1. The molecule has 654 valence electrons. The summed E-state index contributed by atoms with van der Waals surface area (Å²) in [6.45, 7) is 8.40. The number of primary sulfonamides is 4. The number of fused-ring (bicyclic) bond motifs is 1. The molecule has 0 bridgehead atoms. The number of thiazole rings is 5. The normalized spacial score (nSPS) is 12.0. The molecule has 0 fully saturated rings. The van der Waals surface area contributed by atoms with E-state index in [1.165, 1.54) is 105 Å². The second-order valence-electron chi connectivity index (χ2n) is 28.0. The molecule has 129 heavy (non-hydrogen) atoms. The Bertz CT molecular complexity index is 7600. The third kappa shape index (κ3) is 20.8. The first-order chi connectivity index (χ1) is 61.6. The summed E-state index contributed by atoms with van der Waals surface area (Å²) in [6, 6.07) is 46.9. The van der Waals surface area contributed by atoms with Crippen LogP contribution in [-0.2, 0) is 53.2 Å². The smallest absolute Gasteiger partial charge is 0.255 e. The lowest BCUT2D eigenvalue weighted by Gasteiger charge is -2.13. The molecule has 1 aliphatic heterocycles. The van der Waals surface area contributed by atoms with Crippen LogP contribution >= 0.6 is 91.5 Å². The van der Waals surface area contributed by atoms with Crippen LogP contribution < -0.4 is 20.6 Å². The fourth-order valence-corrected chi connectivity index (χ4v) is 19.1. The van der Waals surface area contributed by atoms with Crippen molar-refractivity contribution in [3.05, 3.63) is 313 Å². The monoisotopic (exact) mass is 1960 g/mol. The molecule has 0 aliphatic carbocycles. The van der Waals surface area contributed by atoms with E-state index in [1.54, 1.807) is 134 Å². The van der Waals surface area contributed by atoms with Crippen LogP contribution in [0.1, 0.15) is 43.6 Å². The van der Waals surface area contributed by atoms with E-state index in [-0.39, 0.29) is 43.2 Å². The van der Waals surface area contributed by atoms with Gasteiger partial charge in [-0.05, 0) is 129 Å². The number of aryl methyl sites for hydroxylation is 4. The molecule has 1 aliphatic rings. The first kappa shape index (κ1) is 91.3. The van der Waals surface area contributed by atoms with E-state index in [4.69, 9.17) is 55.4 Å². The summed E-state index contributed by atoms with van der Waals surface area (Å²) in [4.78, 5) is 54.6. The lowest BCUT2D eigenvalue weighted by atomic mass is 10.0. The van der Waals surface area contributed by atoms with Gasteiger partial charge in [-0.1, -0.05) is 120 Å². The Labute approximate surface area is 770 Å². The number of halogens is 5. The van der Waals surface area contributed by atoms with E-state index >= 15 is 0 Å². The van der Waals surface area contributed by atoms with Crippen LogP contribution in [-0.4, -0.2) is 128 Å². The summed E-state index contributed by atoms with van der Waals surface area (Å²) in [5.41, 5.74) is 23.7. The van der Waals surface area contributed by atoms with Crippen molar-refractivity contribution in [2.75, 3.05) is 0 Å². The van der Waals surface area contributed by atoms with Crippen molar-refractivity contribution >= 4 is 137 Å². The first-order valence-corrected chi connectivity index (χ1v) is 49.2. The van der Waals surface area contributed by atoms with E-state index in [0.29, 0.717) is 84.8 Å². The molecule has 19 rings (SSSR count). The van der Waals surface area contributed by atoms with Gasteiger partial charge in [0, 0.05) is 86.4 Å². The minimum atomic E-state index is -3.91. The van der Waals surface area contributed by atoms with Gasteiger partial charge in [0.2, 0.25) is 0 Å². The van der Waals surface area contributed by atoms with Gasteiger partial charge in [0.1, 0.15) is 16.7 Å². The maximum atomic E-state index is 14.8. The molecule has 0 unspecified atom stereocenters. The third-order valence-electron chi connectivity index (χ3n) is 19.2. The van der Waals surface area contributed by atoms with Gasteiger partial charge in [0.05, 0.1) is 140 Å². The molecule has 0 spiro atoms. The molecule has 14 heterocycles. The quantitative estimate of drug-likeness (QED) is 0.0620. The number of sulfonamides is 4. The molecular weight excluding hydrogens is 1890 g/mol. The highest BCUT2D eigenvalue weighted by atomic mass is 35.5. The highest BCUT2D eigenvalue weighted by molar-refractivity contribution is 7.89. The van der Waals surface area contributed by atoms with E-state index in [0.717, 1.165) is 80.3 Å². The van der Waals surface area contributed by atoms with Crippen molar-refractivity contribution in [2.45, 2.75) is 60.9 Å². The number of carbonyl (C=O) groups excluding carboxylic acids is 1. The van der Waals surface area contributed by atoms with Crippen LogP contribution in [0, 0.1) is 39.3 Å². The van der Waals surface area contributed by atoms with Gasteiger partial charge in [-0.3, -0.25) is 29.7 Å². The number of aromatic nitrogens is 17. The fraction of sp³-hybridized carbons (Fsp3) is 0.0714. The third-order valence-corrected chi connectivity index (χ3v) is 27.7. The van der Waals surface area contributed by atoms with Crippen LogP contribution in [0.25, 0.3) is 109 Å². The van der Waals surface area contributed by atoms with Crippen molar-refractivity contribution in [1.82, 2.24) is 88.9 Å². The van der Waals surface area contributed by atoms with Gasteiger partial charge >= 0.3 is 0 Å². The summed E-state index contributed by atoms with van der Waals surface area (Å²) in [5, 5.41) is 38.4. The Morgan fingerprint density at radius 3 is 1.29 bits per heavy atom. The number of hydrogen-bond acceptors (Lipinski definition) is 27.